The first kappa shape index (κ1) is 39.4. The van der Waals surface area contributed by atoms with Crippen LogP contribution in [0.1, 0.15) is 11.1 Å². The summed E-state index contributed by atoms with van der Waals surface area (Å²) in [6.45, 7) is 0. The van der Waals surface area contributed by atoms with Gasteiger partial charge < -0.3 is 0 Å². The number of hydrogen-bond donors (Lipinski definition) is 0. The van der Waals surface area contributed by atoms with Crippen LogP contribution in [0.25, 0.3) is 144 Å². The van der Waals surface area contributed by atoms with Crippen LogP contribution in [0.2, 0.25) is 0 Å². The SMILES string of the molecule is N#Cc1cccc(-c2ccc(-c3nc(-c4ccc(-c5cccc(C#N)c5)cc4)c4cc(-c5ccc6c7c(cccc57)-c5ccccc5-6)cc(-c5ccc6c7c(cccc57)-c5ccccc5-6)c4n3)cc2)c1. The Morgan fingerprint density at radius 2 is 0.714 bits per heavy atom. The molecule has 0 radical (unpaired) electrons. The van der Waals surface area contributed by atoms with Gasteiger partial charge in [0.25, 0.3) is 0 Å². The van der Waals surface area contributed by atoms with Gasteiger partial charge in [-0.2, -0.15) is 10.5 Å². The lowest BCUT2D eigenvalue weighted by atomic mass is 9.88. The van der Waals surface area contributed by atoms with Gasteiger partial charge in [0, 0.05) is 22.1 Å². The number of aromatic nitrogens is 2. The zero-order valence-electron chi connectivity index (χ0n) is 37.6. The van der Waals surface area contributed by atoms with Crippen molar-refractivity contribution in [1.82, 2.24) is 9.97 Å². The van der Waals surface area contributed by atoms with Crippen LogP contribution in [0.4, 0.5) is 0 Å². The van der Waals surface area contributed by atoms with Crippen molar-refractivity contribution in [2.45, 2.75) is 0 Å². The van der Waals surface area contributed by atoms with Gasteiger partial charge in [-0.15, -0.1) is 0 Å². The van der Waals surface area contributed by atoms with E-state index < -0.39 is 0 Å². The van der Waals surface area contributed by atoms with Gasteiger partial charge in [0.15, 0.2) is 5.82 Å². The smallest absolute Gasteiger partial charge is 0.160 e. The molecule has 0 saturated heterocycles. The van der Waals surface area contributed by atoms with E-state index in [-0.39, 0.29) is 0 Å². The molecule has 0 aliphatic heterocycles. The Bertz CT molecular complexity index is 4240. The lowest BCUT2D eigenvalue weighted by Gasteiger charge is -2.18. The van der Waals surface area contributed by atoms with E-state index in [4.69, 9.17) is 9.97 Å². The van der Waals surface area contributed by atoms with Crippen LogP contribution in [0.15, 0.2) is 218 Å². The maximum Gasteiger partial charge on any atom is 0.160 e. The van der Waals surface area contributed by atoms with Crippen molar-refractivity contribution in [3.8, 4) is 124 Å². The number of nitrogens with zero attached hydrogens (tertiary/aromatic N) is 4. The van der Waals surface area contributed by atoms with Crippen molar-refractivity contribution in [3.05, 3.63) is 230 Å². The van der Waals surface area contributed by atoms with Gasteiger partial charge in [-0.3, -0.25) is 0 Å². The highest BCUT2D eigenvalue weighted by Gasteiger charge is 2.27. The summed E-state index contributed by atoms with van der Waals surface area (Å²) in [7, 11) is 0. The Labute approximate surface area is 404 Å². The molecule has 14 rings (SSSR count). The average molecular weight is 885 g/mol. The summed E-state index contributed by atoms with van der Waals surface area (Å²) >= 11 is 0. The Balaban J connectivity index is 1.05. The maximum atomic E-state index is 9.71. The van der Waals surface area contributed by atoms with Gasteiger partial charge in [0.1, 0.15) is 0 Å². The fourth-order valence-corrected chi connectivity index (χ4v) is 11.2. The summed E-state index contributed by atoms with van der Waals surface area (Å²) < 4.78 is 0. The van der Waals surface area contributed by atoms with E-state index in [2.05, 4.69) is 182 Å². The van der Waals surface area contributed by atoms with Crippen LogP contribution < -0.4 is 0 Å². The number of nitriles is 2. The molecule has 2 aliphatic rings. The molecule has 11 aromatic carbocycles. The molecule has 0 saturated carbocycles. The Morgan fingerprint density at radius 3 is 1.26 bits per heavy atom. The van der Waals surface area contributed by atoms with Gasteiger partial charge in [0.2, 0.25) is 0 Å². The molecule has 12 aromatic rings. The summed E-state index contributed by atoms with van der Waals surface area (Å²) in [5.41, 5.74) is 23.1. The first-order valence-electron chi connectivity index (χ1n) is 23.5. The Kier molecular flexibility index (Phi) is 8.68. The largest absolute Gasteiger partial charge is 0.227 e. The van der Waals surface area contributed by atoms with Gasteiger partial charge in [0.05, 0.1) is 34.5 Å². The third-order valence-corrected chi connectivity index (χ3v) is 14.4. The molecule has 320 valence electrons. The van der Waals surface area contributed by atoms with E-state index in [1.807, 2.05) is 48.5 Å². The quantitative estimate of drug-likeness (QED) is 0.167. The van der Waals surface area contributed by atoms with Crippen LogP contribution >= 0.6 is 0 Å². The highest BCUT2D eigenvalue weighted by molar-refractivity contribution is 6.22. The van der Waals surface area contributed by atoms with E-state index >= 15 is 0 Å². The maximum absolute atomic E-state index is 9.71. The fourth-order valence-electron chi connectivity index (χ4n) is 11.2. The molecule has 4 nitrogen and oxygen atoms in total. The zero-order chi connectivity index (χ0) is 46.5. The number of benzene rings is 11. The number of rotatable bonds is 6. The second kappa shape index (κ2) is 15.4. The van der Waals surface area contributed by atoms with Crippen LogP contribution in [-0.4, -0.2) is 9.97 Å². The molecule has 0 fully saturated rings. The first-order valence-corrected chi connectivity index (χ1v) is 23.5. The van der Waals surface area contributed by atoms with Crippen LogP contribution in [0.3, 0.4) is 0 Å². The summed E-state index contributed by atoms with van der Waals surface area (Å²) in [6, 6.07) is 81.6. The Morgan fingerprint density at radius 1 is 0.271 bits per heavy atom. The highest BCUT2D eigenvalue weighted by atomic mass is 14.9. The van der Waals surface area contributed by atoms with Crippen molar-refractivity contribution in [3.63, 3.8) is 0 Å². The molecule has 0 atom stereocenters. The molecular weight excluding hydrogens is 849 g/mol. The third-order valence-electron chi connectivity index (χ3n) is 14.4. The summed E-state index contributed by atoms with van der Waals surface area (Å²) in [5.74, 6) is 0.612. The van der Waals surface area contributed by atoms with Crippen molar-refractivity contribution in [1.29, 1.82) is 10.5 Å². The second-order valence-corrected chi connectivity index (χ2v) is 18.2. The minimum atomic E-state index is 0.612. The molecule has 70 heavy (non-hydrogen) atoms. The standard InChI is InChI=1S/C66H36N4/c67-37-39-9-5-11-45(33-39)41-21-25-43(26-22-41)64-61-36-47(48-29-31-58-51-15-3-1-13-49(51)55-18-7-17-54(48)62(55)58)35-60(53-30-32-59-52-16-4-2-14-50(52)56-19-8-20-57(53)63(56)59)65(61)70-66(69-64)44-27-23-42(24-28-44)46-12-6-10-40(34-46)38-68/h1-36H. The second-order valence-electron chi connectivity index (χ2n) is 18.2. The molecule has 2 aliphatic carbocycles. The van der Waals surface area contributed by atoms with Crippen molar-refractivity contribution < 1.29 is 0 Å². The predicted octanol–water partition coefficient (Wildman–Crippen LogP) is 17.0. The molecule has 0 amide bonds. The number of hydrogen-bond acceptors (Lipinski definition) is 4. The van der Waals surface area contributed by atoms with Crippen molar-refractivity contribution >= 4 is 32.4 Å². The van der Waals surface area contributed by atoms with Gasteiger partial charge in [-0.25, -0.2) is 9.97 Å². The minimum Gasteiger partial charge on any atom is -0.227 e. The van der Waals surface area contributed by atoms with Crippen LogP contribution in [-0.2, 0) is 0 Å². The molecule has 0 unspecified atom stereocenters. The van der Waals surface area contributed by atoms with Crippen molar-refractivity contribution in [2.75, 3.05) is 0 Å². The minimum absolute atomic E-state index is 0.612. The van der Waals surface area contributed by atoms with E-state index in [0.29, 0.717) is 17.0 Å². The van der Waals surface area contributed by atoms with E-state index in [1.54, 1.807) is 0 Å². The lowest BCUT2D eigenvalue weighted by Crippen LogP contribution is -1.98. The van der Waals surface area contributed by atoms with E-state index in [9.17, 15) is 10.5 Å². The lowest BCUT2D eigenvalue weighted by molar-refractivity contribution is 1.23. The normalized spacial score (nSPS) is 11.7. The molecule has 4 heteroatoms. The number of fused-ring (bicyclic) bond motifs is 7. The zero-order valence-corrected chi connectivity index (χ0v) is 37.6. The molecule has 0 bridgehead atoms. The average Bonchev–Trinajstić information content (AvgIpc) is 3.94. The van der Waals surface area contributed by atoms with Gasteiger partial charge >= 0.3 is 0 Å². The Hall–Kier alpha value is -9.74. The summed E-state index contributed by atoms with van der Waals surface area (Å²) in [6.07, 6.45) is 0. The molecule has 1 heterocycles. The van der Waals surface area contributed by atoms with Crippen molar-refractivity contribution in [2.24, 2.45) is 0 Å². The monoisotopic (exact) mass is 884 g/mol. The summed E-state index contributed by atoms with van der Waals surface area (Å²) in [4.78, 5) is 11.1. The topological polar surface area (TPSA) is 73.4 Å². The molecule has 1 aromatic heterocycles. The predicted molar refractivity (Wildman–Crippen MR) is 285 cm³/mol. The van der Waals surface area contributed by atoms with Crippen LogP contribution in [0.5, 0.6) is 0 Å². The fraction of sp³-hybridized carbons (Fsp3) is 0. The van der Waals surface area contributed by atoms with Gasteiger partial charge in [-0.05, 0) is 141 Å². The summed E-state index contributed by atoms with van der Waals surface area (Å²) in [5, 5.41) is 25.2. The van der Waals surface area contributed by atoms with E-state index in [0.717, 1.165) is 72.2 Å². The van der Waals surface area contributed by atoms with Crippen LogP contribution in [0, 0.1) is 22.7 Å². The molecule has 0 spiro atoms. The third kappa shape index (κ3) is 6.01. The molecule has 0 N–H and O–H groups in total. The van der Waals surface area contributed by atoms with Gasteiger partial charge in [-0.1, -0.05) is 182 Å². The first-order chi connectivity index (χ1) is 34.6. The molecular formula is C66H36N4. The highest BCUT2D eigenvalue weighted by Crippen LogP contribution is 2.52. The van der Waals surface area contributed by atoms with E-state index in [1.165, 1.54) is 66.1 Å².